The molecule has 0 heterocycles. The van der Waals surface area contributed by atoms with E-state index in [0.717, 1.165) is 10.0 Å². The molecule has 1 rings (SSSR count). The Bertz CT molecular complexity index is 392. The van der Waals surface area contributed by atoms with E-state index in [4.69, 9.17) is 11.6 Å². The fourth-order valence-electron chi connectivity index (χ4n) is 1.16. The summed E-state index contributed by atoms with van der Waals surface area (Å²) in [5.74, 6) is -0.257. The van der Waals surface area contributed by atoms with Crippen molar-refractivity contribution in [3.8, 4) is 0 Å². The minimum atomic E-state index is -0.257. The van der Waals surface area contributed by atoms with E-state index in [2.05, 4.69) is 22.5 Å². The molecule has 1 amide bonds. The van der Waals surface area contributed by atoms with Crippen molar-refractivity contribution in [1.82, 2.24) is 4.90 Å². The summed E-state index contributed by atoms with van der Waals surface area (Å²) < 4.78 is 0.977. The normalized spacial score (nSPS) is 9.80. The number of benzene rings is 1. The standard InChI is InChI=1S/C11H11BrClNO/c1-8(13)11(15)14(2)7-9-5-3-4-6-10(9)12/h3-6H,1,7H2,2H3. The van der Waals surface area contributed by atoms with Gasteiger partial charge in [0.2, 0.25) is 0 Å². The lowest BCUT2D eigenvalue weighted by molar-refractivity contribution is -0.125. The van der Waals surface area contributed by atoms with Crippen molar-refractivity contribution >= 4 is 33.4 Å². The molecular weight excluding hydrogens is 277 g/mol. The second-order valence-electron chi connectivity index (χ2n) is 3.16. The summed E-state index contributed by atoms with van der Waals surface area (Å²) in [6, 6.07) is 7.73. The molecule has 0 unspecified atom stereocenters. The van der Waals surface area contributed by atoms with Crippen LogP contribution in [0.25, 0.3) is 0 Å². The minimum absolute atomic E-state index is 0.0320. The molecule has 0 bridgehead atoms. The first kappa shape index (κ1) is 12.3. The first-order valence-electron chi connectivity index (χ1n) is 4.35. The van der Waals surface area contributed by atoms with Crippen LogP contribution in [0.1, 0.15) is 5.56 Å². The molecule has 0 aliphatic rings. The molecule has 0 aliphatic heterocycles. The van der Waals surface area contributed by atoms with Crippen molar-refractivity contribution in [3.63, 3.8) is 0 Å². The van der Waals surface area contributed by atoms with E-state index in [0.29, 0.717) is 6.54 Å². The Kier molecular flexibility index (Phi) is 4.36. The van der Waals surface area contributed by atoms with Crippen molar-refractivity contribution in [1.29, 1.82) is 0 Å². The highest BCUT2D eigenvalue weighted by Crippen LogP contribution is 2.18. The fourth-order valence-corrected chi connectivity index (χ4v) is 1.72. The lowest BCUT2D eigenvalue weighted by atomic mass is 10.2. The maximum absolute atomic E-state index is 11.4. The predicted octanol–water partition coefficient (Wildman–Crippen LogP) is 3.16. The van der Waals surface area contributed by atoms with E-state index >= 15 is 0 Å². The molecule has 0 saturated heterocycles. The van der Waals surface area contributed by atoms with Gasteiger partial charge in [0, 0.05) is 18.1 Å². The number of rotatable bonds is 3. The van der Waals surface area contributed by atoms with Crippen LogP contribution in [0.2, 0.25) is 0 Å². The summed E-state index contributed by atoms with van der Waals surface area (Å²) in [4.78, 5) is 13.0. The first-order chi connectivity index (χ1) is 7.02. The third-order valence-electron chi connectivity index (χ3n) is 1.94. The van der Waals surface area contributed by atoms with Crippen LogP contribution in [0.3, 0.4) is 0 Å². The van der Waals surface area contributed by atoms with Gasteiger partial charge in [-0.3, -0.25) is 4.79 Å². The lowest BCUT2D eigenvalue weighted by Crippen LogP contribution is -2.26. The molecule has 0 N–H and O–H groups in total. The zero-order valence-corrected chi connectivity index (χ0v) is 10.7. The lowest BCUT2D eigenvalue weighted by Gasteiger charge is -2.17. The van der Waals surface area contributed by atoms with Gasteiger partial charge in [0.25, 0.3) is 5.91 Å². The van der Waals surface area contributed by atoms with Gasteiger partial charge in [-0.15, -0.1) is 0 Å². The Hall–Kier alpha value is -0.800. The van der Waals surface area contributed by atoms with E-state index < -0.39 is 0 Å². The van der Waals surface area contributed by atoms with Gasteiger partial charge >= 0.3 is 0 Å². The topological polar surface area (TPSA) is 20.3 Å². The number of carbonyl (C=O) groups is 1. The maximum atomic E-state index is 11.4. The van der Waals surface area contributed by atoms with Gasteiger partial charge in [0.15, 0.2) is 0 Å². The Morgan fingerprint density at radius 2 is 2.13 bits per heavy atom. The van der Waals surface area contributed by atoms with Gasteiger partial charge < -0.3 is 4.90 Å². The molecule has 0 aromatic heterocycles. The van der Waals surface area contributed by atoms with E-state index in [1.165, 1.54) is 4.90 Å². The monoisotopic (exact) mass is 287 g/mol. The number of carbonyl (C=O) groups excluding carboxylic acids is 1. The molecule has 0 fully saturated rings. The van der Waals surface area contributed by atoms with Gasteiger partial charge in [-0.05, 0) is 11.6 Å². The van der Waals surface area contributed by atoms with Crippen molar-refractivity contribution in [3.05, 3.63) is 45.9 Å². The van der Waals surface area contributed by atoms with Crippen LogP contribution in [0.4, 0.5) is 0 Å². The zero-order valence-electron chi connectivity index (χ0n) is 8.34. The number of halogens is 2. The zero-order chi connectivity index (χ0) is 11.4. The number of amides is 1. The SMILES string of the molecule is C=C(Cl)C(=O)N(C)Cc1ccccc1Br. The van der Waals surface area contributed by atoms with Crippen LogP contribution >= 0.6 is 27.5 Å². The molecule has 1 aromatic rings. The summed E-state index contributed by atoms with van der Waals surface area (Å²) in [5.41, 5.74) is 1.03. The highest BCUT2D eigenvalue weighted by Gasteiger charge is 2.11. The quantitative estimate of drug-likeness (QED) is 0.782. The van der Waals surface area contributed by atoms with E-state index in [9.17, 15) is 4.79 Å². The molecule has 80 valence electrons. The van der Waals surface area contributed by atoms with Gasteiger partial charge in [-0.1, -0.05) is 52.3 Å². The largest absolute Gasteiger partial charge is 0.337 e. The fraction of sp³-hybridized carbons (Fsp3) is 0.182. The van der Waals surface area contributed by atoms with E-state index in [1.807, 2.05) is 24.3 Å². The van der Waals surface area contributed by atoms with Gasteiger partial charge in [0.05, 0.1) is 5.03 Å². The molecular formula is C11H11BrClNO. The van der Waals surface area contributed by atoms with Crippen molar-refractivity contribution in [2.75, 3.05) is 7.05 Å². The smallest absolute Gasteiger partial charge is 0.264 e. The molecule has 0 spiro atoms. The maximum Gasteiger partial charge on any atom is 0.264 e. The van der Waals surface area contributed by atoms with Crippen LogP contribution < -0.4 is 0 Å². The van der Waals surface area contributed by atoms with Crippen LogP contribution in [0.15, 0.2) is 40.3 Å². The summed E-state index contributed by atoms with van der Waals surface area (Å²) in [5, 5.41) is 0.0320. The molecule has 0 radical (unpaired) electrons. The van der Waals surface area contributed by atoms with E-state index in [1.54, 1.807) is 7.05 Å². The van der Waals surface area contributed by atoms with Crippen LogP contribution in [-0.2, 0) is 11.3 Å². The number of hydrogen-bond donors (Lipinski definition) is 0. The Morgan fingerprint density at radius 1 is 1.53 bits per heavy atom. The highest BCUT2D eigenvalue weighted by molar-refractivity contribution is 9.10. The molecule has 2 nitrogen and oxygen atoms in total. The van der Waals surface area contributed by atoms with Crippen LogP contribution in [0.5, 0.6) is 0 Å². The van der Waals surface area contributed by atoms with Gasteiger partial charge in [-0.25, -0.2) is 0 Å². The summed E-state index contributed by atoms with van der Waals surface area (Å²) in [6.45, 7) is 3.91. The second kappa shape index (κ2) is 5.33. The molecule has 1 aromatic carbocycles. The third-order valence-corrected chi connectivity index (χ3v) is 2.88. The van der Waals surface area contributed by atoms with Gasteiger partial charge in [-0.2, -0.15) is 0 Å². The van der Waals surface area contributed by atoms with E-state index in [-0.39, 0.29) is 10.9 Å². The first-order valence-corrected chi connectivity index (χ1v) is 5.52. The molecule has 4 heteroatoms. The molecule has 15 heavy (non-hydrogen) atoms. The Labute approximate surface area is 103 Å². The predicted molar refractivity (Wildman–Crippen MR) is 65.6 cm³/mol. The van der Waals surface area contributed by atoms with Crippen molar-refractivity contribution in [2.24, 2.45) is 0 Å². The third kappa shape index (κ3) is 3.36. The second-order valence-corrected chi connectivity index (χ2v) is 4.47. The van der Waals surface area contributed by atoms with Crippen molar-refractivity contribution < 1.29 is 4.79 Å². The average Bonchev–Trinajstić information content (AvgIpc) is 2.20. The number of likely N-dealkylation sites (N-methyl/N-ethyl adjacent to an activating group) is 1. The minimum Gasteiger partial charge on any atom is -0.337 e. The van der Waals surface area contributed by atoms with Crippen LogP contribution in [-0.4, -0.2) is 17.9 Å². The highest BCUT2D eigenvalue weighted by atomic mass is 79.9. The molecule has 0 atom stereocenters. The summed E-state index contributed by atoms with van der Waals surface area (Å²) in [7, 11) is 1.69. The average molecular weight is 289 g/mol. The molecule has 0 saturated carbocycles. The van der Waals surface area contributed by atoms with Crippen LogP contribution in [0, 0.1) is 0 Å². The molecule has 0 aliphatic carbocycles. The Balaban J connectivity index is 2.75. The van der Waals surface area contributed by atoms with Gasteiger partial charge in [0.1, 0.15) is 0 Å². The van der Waals surface area contributed by atoms with Crippen molar-refractivity contribution in [2.45, 2.75) is 6.54 Å². The number of nitrogens with zero attached hydrogens (tertiary/aromatic N) is 1. The Morgan fingerprint density at radius 3 is 2.67 bits per heavy atom. The number of hydrogen-bond acceptors (Lipinski definition) is 1. The summed E-state index contributed by atoms with van der Waals surface area (Å²) in [6.07, 6.45) is 0. The summed E-state index contributed by atoms with van der Waals surface area (Å²) >= 11 is 8.95.